The number of para-hydroxylation sites is 1. The Bertz CT molecular complexity index is 1060. The minimum Gasteiger partial charge on any atom is -0.493 e. The summed E-state index contributed by atoms with van der Waals surface area (Å²) < 4.78 is 25.9. The van der Waals surface area contributed by atoms with Crippen molar-refractivity contribution >= 4 is 16.3 Å². The van der Waals surface area contributed by atoms with Gasteiger partial charge in [-0.15, -0.1) is 10.2 Å². The highest BCUT2D eigenvalue weighted by atomic mass is 32.1. The molecule has 0 aliphatic rings. The molecule has 0 saturated heterocycles. The number of halogens is 1. The van der Waals surface area contributed by atoms with Crippen LogP contribution in [-0.2, 0) is 0 Å². The smallest absolute Gasteiger partial charge is 0.235 e. The summed E-state index contributed by atoms with van der Waals surface area (Å²) >= 11 is 1.37. The SMILES string of the molecule is COc1cccc(-c2nn3c(-c4cccc(F)c4)nnc3s2)c1OC. The van der Waals surface area contributed by atoms with Gasteiger partial charge in [0.1, 0.15) is 5.82 Å². The molecule has 4 rings (SSSR count). The normalized spacial score (nSPS) is 11.0. The third kappa shape index (κ3) is 2.60. The highest BCUT2D eigenvalue weighted by molar-refractivity contribution is 7.19. The second-order valence-corrected chi connectivity index (χ2v) is 6.13. The Kier molecular flexibility index (Phi) is 3.81. The quantitative estimate of drug-likeness (QED) is 0.558. The van der Waals surface area contributed by atoms with Crippen LogP contribution < -0.4 is 9.47 Å². The number of aromatic nitrogens is 4. The van der Waals surface area contributed by atoms with Gasteiger partial charge in [-0.05, 0) is 24.3 Å². The summed E-state index contributed by atoms with van der Waals surface area (Å²) in [5.74, 6) is 1.37. The van der Waals surface area contributed by atoms with Crippen molar-refractivity contribution in [1.82, 2.24) is 19.8 Å². The number of ether oxygens (including phenoxy) is 2. The van der Waals surface area contributed by atoms with Crippen LogP contribution in [0.1, 0.15) is 0 Å². The van der Waals surface area contributed by atoms with Gasteiger partial charge in [0.15, 0.2) is 22.3 Å². The van der Waals surface area contributed by atoms with Gasteiger partial charge in [-0.1, -0.05) is 29.5 Å². The fourth-order valence-corrected chi connectivity index (χ4v) is 3.45. The zero-order chi connectivity index (χ0) is 17.4. The lowest BCUT2D eigenvalue weighted by atomic mass is 10.2. The van der Waals surface area contributed by atoms with Crippen LogP contribution >= 0.6 is 11.3 Å². The summed E-state index contributed by atoms with van der Waals surface area (Å²) in [7, 11) is 3.17. The van der Waals surface area contributed by atoms with Crippen LogP contribution in [0.2, 0.25) is 0 Å². The van der Waals surface area contributed by atoms with Crippen molar-refractivity contribution < 1.29 is 13.9 Å². The largest absolute Gasteiger partial charge is 0.493 e. The highest BCUT2D eigenvalue weighted by Gasteiger charge is 2.19. The molecule has 2 aromatic carbocycles. The molecule has 0 N–H and O–H groups in total. The Morgan fingerprint density at radius 1 is 1.04 bits per heavy atom. The molecule has 0 radical (unpaired) electrons. The first-order chi connectivity index (χ1) is 12.2. The summed E-state index contributed by atoms with van der Waals surface area (Å²) in [6.45, 7) is 0. The lowest BCUT2D eigenvalue weighted by Gasteiger charge is -2.10. The van der Waals surface area contributed by atoms with Gasteiger partial charge in [-0.3, -0.25) is 0 Å². The summed E-state index contributed by atoms with van der Waals surface area (Å²) in [5, 5.41) is 13.6. The third-order valence-corrected chi connectivity index (χ3v) is 4.64. The molecular formula is C17H13FN4O2S. The van der Waals surface area contributed by atoms with E-state index in [1.807, 2.05) is 18.2 Å². The van der Waals surface area contributed by atoms with E-state index in [0.29, 0.717) is 32.9 Å². The monoisotopic (exact) mass is 356 g/mol. The van der Waals surface area contributed by atoms with Gasteiger partial charge in [-0.25, -0.2) is 4.39 Å². The number of fused-ring (bicyclic) bond motifs is 1. The van der Waals surface area contributed by atoms with Gasteiger partial charge in [0.05, 0.1) is 19.8 Å². The summed E-state index contributed by atoms with van der Waals surface area (Å²) in [6, 6.07) is 11.8. The number of methoxy groups -OCH3 is 2. The average molecular weight is 356 g/mol. The van der Waals surface area contributed by atoms with Crippen molar-refractivity contribution in [2.75, 3.05) is 14.2 Å². The Hall–Kier alpha value is -3.00. The van der Waals surface area contributed by atoms with E-state index < -0.39 is 0 Å². The summed E-state index contributed by atoms with van der Waals surface area (Å²) in [6.07, 6.45) is 0. The molecule has 4 aromatic rings. The first-order valence-electron chi connectivity index (χ1n) is 7.41. The van der Waals surface area contributed by atoms with Crippen LogP contribution in [0.5, 0.6) is 11.5 Å². The summed E-state index contributed by atoms with van der Waals surface area (Å²) in [4.78, 5) is 0.610. The van der Waals surface area contributed by atoms with Gasteiger partial charge >= 0.3 is 0 Å². The predicted octanol–water partition coefficient (Wildman–Crippen LogP) is 3.68. The second-order valence-electron chi connectivity index (χ2n) is 5.18. The Labute approximate surface area is 146 Å². The van der Waals surface area contributed by atoms with Crippen LogP contribution in [0, 0.1) is 5.82 Å². The lowest BCUT2D eigenvalue weighted by molar-refractivity contribution is 0.356. The molecule has 25 heavy (non-hydrogen) atoms. The lowest BCUT2D eigenvalue weighted by Crippen LogP contribution is -1.94. The molecule has 0 saturated carbocycles. The van der Waals surface area contributed by atoms with E-state index in [-0.39, 0.29) is 5.82 Å². The maximum Gasteiger partial charge on any atom is 0.235 e. The molecule has 0 unspecified atom stereocenters. The van der Waals surface area contributed by atoms with Crippen molar-refractivity contribution in [3.63, 3.8) is 0 Å². The number of benzene rings is 2. The van der Waals surface area contributed by atoms with Crippen molar-refractivity contribution in [3.8, 4) is 33.5 Å². The number of rotatable bonds is 4. The number of hydrogen-bond acceptors (Lipinski definition) is 6. The van der Waals surface area contributed by atoms with Crippen LogP contribution in [0.3, 0.4) is 0 Å². The predicted molar refractivity (Wildman–Crippen MR) is 92.6 cm³/mol. The molecule has 8 heteroatoms. The van der Waals surface area contributed by atoms with Crippen molar-refractivity contribution in [2.45, 2.75) is 0 Å². The van der Waals surface area contributed by atoms with E-state index in [1.165, 1.54) is 23.5 Å². The van der Waals surface area contributed by atoms with E-state index in [4.69, 9.17) is 9.47 Å². The molecule has 0 aliphatic heterocycles. The van der Waals surface area contributed by atoms with Gasteiger partial charge in [0.25, 0.3) is 0 Å². The van der Waals surface area contributed by atoms with Crippen LogP contribution in [0.25, 0.3) is 26.9 Å². The van der Waals surface area contributed by atoms with E-state index >= 15 is 0 Å². The van der Waals surface area contributed by atoms with Gasteiger partial charge in [-0.2, -0.15) is 9.61 Å². The standard InChI is InChI=1S/C17H13FN4O2S/c1-23-13-8-4-7-12(14(13)24-2)16-21-22-15(19-20-17(22)25-16)10-5-3-6-11(18)9-10/h3-9H,1-2H3. The van der Waals surface area contributed by atoms with Gasteiger partial charge in [0.2, 0.25) is 4.96 Å². The minimum absolute atomic E-state index is 0.334. The van der Waals surface area contributed by atoms with Crippen LogP contribution in [0.4, 0.5) is 4.39 Å². The Morgan fingerprint density at radius 2 is 1.88 bits per heavy atom. The zero-order valence-corrected chi connectivity index (χ0v) is 14.2. The Morgan fingerprint density at radius 3 is 2.64 bits per heavy atom. The van der Waals surface area contributed by atoms with Gasteiger partial charge in [0, 0.05) is 5.56 Å². The zero-order valence-electron chi connectivity index (χ0n) is 13.4. The molecule has 2 aromatic heterocycles. The molecule has 0 spiro atoms. The van der Waals surface area contributed by atoms with E-state index in [2.05, 4.69) is 15.3 Å². The van der Waals surface area contributed by atoms with Crippen LogP contribution in [-0.4, -0.2) is 34.0 Å². The van der Waals surface area contributed by atoms with E-state index in [1.54, 1.807) is 30.9 Å². The Balaban J connectivity index is 1.87. The first kappa shape index (κ1) is 15.5. The second kappa shape index (κ2) is 6.14. The topological polar surface area (TPSA) is 61.5 Å². The van der Waals surface area contributed by atoms with E-state index in [0.717, 1.165) is 5.56 Å². The number of nitrogens with zero attached hydrogens (tertiary/aromatic N) is 4. The minimum atomic E-state index is -0.334. The molecule has 6 nitrogen and oxygen atoms in total. The highest BCUT2D eigenvalue weighted by Crippen LogP contribution is 2.39. The third-order valence-electron chi connectivity index (χ3n) is 3.71. The maximum atomic E-state index is 13.5. The molecule has 0 amide bonds. The summed E-state index contributed by atoms with van der Waals surface area (Å²) in [5.41, 5.74) is 1.41. The van der Waals surface area contributed by atoms with Crippen molar-refractivity contribution in [3.05, 3.63) is 48.3 Å². The van der Waals surface area contributed by atoms with Crippen LogP contribution in [0.15, 0.2) is 42.5 Å². The molecule has 0 fully saturated rings. The molecular weight excluding hydrogens is 343 g/mol. The first-order valence-corrected chi connectivity index (χ1v) is 8.22. The maximum absolute atomic E-state index is 13.5. The van der Waals surface area contributed by atoms with Crippen molar-refractivity contribution in [1.29, 1.82) is 0 Å². The molecule has 0 atom stereocenters. The van der Waals surface area contributed by atoms with Gasteiger partial charge < -0.3 is 9.47 Å². The fourth-order valence-electron chi connectivity index (χ4n) is 2.59. The van der Waals surface area contributed by atoms with E-state index in [9.17, 15) is 4.39 Å². The average Bonchev–Trinajstić information content (AvgIpc) is 3.21. The molecule has 0 bridgehead atoms. The fraction of sp³-hybridized carbons (Fsp3) is 0.118. The van der Waals surface area contributed by atoms with Crippen molar-refractivity contribution in [2.24, 2.45) is 0 Å². The molecule has 126 valence electrons. The number of hydrogen-bond donors (Lipinski definition) is 0. The molecule has 0 aliphatic carbocycles. The molecule has 2 heterocycles.